The maximum Gasteiger partial charge on any atom is 0.237 e. The lowest BCUT2D eigenvalue weighted by Crippen LogP contribution is -2.44. The molecule has 1 saturated heterocycles. The monoisotopic (exact) mass is 171 g/mol. The summed E-state index contributed by atoms with van der Waals surface area (Å²) in [7, 11) is 0. The molecule has 2 atom stereocenters. The van der Waals surface area contributed by atoms with Gasteiger partial charge in [-0.25, -0.2) is 0 Å². The summed E-state index contributed by atoms with van der Waals surface area (Å²) < 4.78 is 0. The lowest BCUT2D eigenvalue weighted by Gasteiger charge is -2.12. The average Bonchev–Trinajstić information content (AvgIpc) is 2.51. The van der Waals surface area contributed by atoms with E-state index < -0.39 is 0 Å². The molecule has 4 N–H and O–H groups in total. The van der Waals surface area contributed by atoms with Gasteiger partial charge in [0, 0.05) is 12.6 Å². The topological polar surface area (TPSA) is 67.1 Å². The van der Waals surface area contributed by atoms with Crippen LogP contribution < -0.4 is 16.4 Å². The lowest BCUT2D eigenvalue weighted by atomic mass is 10.2. The van der Waals surface area contributed by atoms with Crippen molar-refractivity contribution in [3.8, 4) is 0 Å². The van der Waals surface area contributed by atoms with Gasteiger partial charge in [-0.2, -0.15) is 0 Å². The van der Waals surface area contributed by atoms with Crippen LogP contribution in [0.2, 0.25) is 0 Å². The Labute approximate surface area is 72.9 Å². The highest BCUT2D eigenvalue weighted by atomic mass is 16.2. The van der Waals surface area contributed by atoms with Crippen LogP contribution >= 0.6 is 0 Å². The van der Waals surface area contributed by atoms with E-state index in [-0.39, 0.29) is 18.0 Å². The van der Waals surface area contributed by atoms with Gasteiger partial charge in [-0.15, -0.1) is 0 Å². The Kier molecular flexibility index (Phi) is 3.49. The second kappa shape index (κ2) is 4.42. The van der Waals surface area contributed by atoms with Crippen molar-refractivity contribution in [1.29, 1.82) is 0 Å². The normalized spacial score (nSPS) is 25.3. The molecule has 0 aromatic rings. The fraction of sp³-hybridized carbons (Fsp3) is 0.875. The highest BCUT2D eigenvalue weighted by molar-refractivity contribution is 5.81. The van der Waals surface area contributed by atoms with Gasteiger partial charge in [0.1, 0.15) is 0 Å². The molecule has 70 valence electrons. The molecule has 0 radical (unpaired) electrons. The zero-order valence-electron chi connectivity index (χ0n) is 7.47. The predicted molar refractivity (Wildman–Crippen MR) is 47.7 cm³/mol. The van der Waals surface area contributed by atoms with E-state index in [0.29, 0.717) is 6.54 Å². The number of nitrogens with two attached hydrogens (primary N) is 1. The number of carbonyl (C=O) groups excluding carboxylic acids is 1. The van der Waals surface area contributed by atoms with Crippen LogP contribution in [0.1, 0.15) is 19.8 Å². The van der Waals surface area contributed by atoms with Gasteiger partial charge in [0.2, 0.25) is 5.91 Å². The lowest BCUT2D eigenvalue weighted by molar-refractivity contribution is -0.122. The highest BCUT2D eigenvalue weighted by Crippen LogP contribution is 2.03. The van der Waals surface area contributed by atoms with Gasteiger partial charge >= 0.3 is 0 Å². The Morgan fingerprint density at radius 3 is 3.08 bits per heavy atom. The zero-order valence-corrected chi connectivity index (χ0v) is 7.47. The maximum atomic E-state index is 11.3. The van der Waals surface area contributed by atoms with Crippen LogP contribution in [0.4, 0.5) is 0 Å². The van der Waals surface area contributed by atoms with Crippen molar-refractivity contribution in [2.45, 2.75) is 31.8 Å². The van der Waals surface area contributed by atoms with Crippen molar-refractivity contribution < 1.29 is 4.79 Å². The second-order valence-corrected chi connectivity index (χ2v) is 3.37. The Bertz CT molecular complexity index is 152. The van der Waals surface area contributed by atoms with Crippen molar-refractivity contribution in [2.24, 2.45) is 5.73 Å². The number of nitrogens with one attached hydrogen (secondary N) is 2. The molecule has 1 fully saturated rings. The molecule has 0 bridgehead atoms. The summed E-state index contributed by atoms with van der Waals surface area (Å²) in [5, 5.41) is 5.92. The van der Waals surface area contributed by atoms with Gasteiger partial charge in [-0.1, -0.05) is 0 Å². The molecular formula is C8H17N3O. The fourth-order valence-electron chi connectivity index (χ4n) is 1.29. The van der Waals surface area contributed by atoms with Gasteiger partial charge in [-0.05, 0) is 26.3 Å². The van der Waals surface area contributed by atoms with Gasteiger partial charge in [0.25, 0.3) is 0 Å². The van der Waals surface area contributed by atoms with Gasteiger partial charge in [0.05, 0.1) is 6.04 Å². The summed E-state index contributed by atoms with van der Waals surface area (Å²) in [6, 6.07) is 0.0547. The summed E-state index contributed by atoms with van der Waals surface area (Å²) in [6.07, 6.45) is 2.04. The van der Waals surface area contributed by atoms with Gasteiger partial charge in [-0.3, -0.25) is 4.79 Å². The number of rotatable bonds is 3. The van der Waals surface area contributed by atoms with Gasteiger partial charge in [0.15, 0.2) is 0 Å². The molecule has 0 aromatic carbocycles. The fourth-order valence-corrected chi connectivity index (χ4v) is 1.29. The molecule has 4 nitrogen and oxygen atoms in total. The molecule has 1 aliphatic heterocycles. The third-order valence-electron chi connectivity index (χ3n) is 1.98. The Balaban J connectivity index is 2.18. The van der Waals surface area contributed by atoms with E-state index in [9.17, 15) is 4.79 Å². The van der Waals surface area contributed by atoms with Crippen LogP contribution in [0.3, 0.4) is 0 Å². The first-order valence-corrected chi connectivity index (χ1v) is 4.47. The summed E-state index contributed by atoms with van der Waals surface area (Å²) in [5.74, 6) is 0.0878. The van der Waals surface area contributed by atoms with Crippen LogP contribution in [0.5, 0.6) is 0 Å². The van der Waals surface area contributed by atoms with Crippen molar-refractivity contribution in [2.75, 3.05) is 13.1 Å². The Hall–Kier alpha value is -0.610. The predicted octanol–water partition coefficient (Wildman–Crippen LogP) is -0.798. The first-order valence-electron chi connectivity index (χ1n) is 4.47. The highest BCUT2D eigenvalue weighted by Gasteiger charge is 2.21. The number of hydrogen-bond donors (Lipinski definition) is 3. The van der Waals surface area contributed by atoms with E-state index in [4.69, 9.17) is 5.73 Å². The molecule has 1 amide bonds. The van der Waals surface area contributed by atoms with E-state index in [1.165, 1.54) is 0 Å². The quantitative estimate of drug-likeness (QED) is 0.521. The van der Waals surface area contributed by atoms with Crippen LogP contribution in [0, 0.1) is 0 Å². The van der Waals surface area contributed by atoms with Crippen LogP contribution in [-0.4, -0.2) is 31.1 Å². The van der Waals surface area contributed by atoms with Crippen LogP contribution in [-0.2, 0) is 4.79 Å². The minimum absolute atomic E-state index is 0.0174. The number of carbonyl (C=O) groups is 1. The molecule has 0 saturated carbocycles. The van der Waals surface area contributed by atoms with Crippen molar-refractivity contribution in [3.05, 3.63) is 0 Å². The van der Waals surface area contributed by atoms with E-state index in [1.54, 1.807) is 0 Å². The molecule has 1 heterocycles. The molecule has 4 heteroatoms. The first kappa shape index (κ1) is 9.48. The molecule has 12 heavy (non-hydrogen) atoms. The van der Waals surface area contributed by atoms with E-state index in [0.717, 1.165) is 19.4 Å². The molecule has 1 rings (SSSR count). The summed E-state index contributed by atoms with van der Waals surface area (Å²) in [5.41, 5.74) is 5.50. The molecule has 0 aromatic heterocycles. The van der Waals surface area contributed by atoms with Crippen LogP contribution in [0.25, 0.3) is 0 Å². The van der Waals surface area contributed by atoms with Crippen LogP contribution in [0.15, 0.2) is 0 Å². The minimum atomic E-state index is 0.0174. The average molecular weight is 171 g/mol. The van der Waals surface area contributed by atoms with Crippen molar-refractivity contribution in [1.82, 2.24) is 10.6 Å². The molecule has 1 unspecified atom stereocenters. The van der Waals surface area contributed by atoms with E-state index in [2.05, 4.69) is 10.6 Å². The Morgan fingerprint density at radius 1 is 1.83 bits per heavy atom. The summed E-state index contributed by atoms with van der Waals surface area (Å²) in [4.78, 5) is 11.3. The third kappa shape index (κ3) is 2.79. The molecule has 0 aliphatic carbocycles. The smallest absolute Gasteiger partial charge is 0.237 e. The first-order chi connectivity index (χ1) is 5.70. The molecule has 0 spiro atoms. The second-order valence-electron chi connectivity index (χ2n) is 3.37. The van der Waals surface area contributed by atoms with E-state index >= 15 is 0 Å². The van der Waals surface area contributed by atoms with Crippen molar-refractivity contribution in [3.63, 3.8) is 0 Å². The standard InChI is InChI=1S/C8H17N3O/c1-6(9)5-11-8(12)7-3-2-4-10-7/h6-7,10H,2-5,9H2,1H3,(H,11,12)/t6?,7-/m0/s1. The number of amides is 1. The SMILES string of the molecule is CC(N)CNC(=O)[C@@H]1CCCN1. The summed E-state index contributed by atoms with van der Waals surface area (Å²) in [6.45, 7) is 3.40. The number of hydrogen-bond acceptors (Lipinski definition) is 3. The van der Waals surface area contributed by atoms with Gasteiger partial charge < -0.3 is 16.4 Å². The summed E-state index contributed by atoms with van der Waals surface area (Å²) >= 11 is 0. The van der Waals surface area contributed by atoms with Crippen molar-refractivity contribution >= 4 is 5.91 Å². The Morgan fingerprint density at radius 2 is 2.58 bits per heavy atom. The third-order valence-corrected chi connectivity index (χ3v) is 1.98. The zero-order chi connectivity index (χ0) is 8.97. The van der Waals surface area contributed by atoms with E-state index in [1.807, 2.05) is 6.92 Å². The minimum Gasteiger partial charge on any atom is -0.353 e. The largest absolute Gasteiger partial charge is 0.353 e. The maximum absolute atomic E-state index is 11.3. The molecular weight excluding hydrogens is 154 g/mol. The molecule has 1 aliphatic rings.